The summed E-state index contributed by atoms with van der Waals surface area (Å²) in [7, 11) is 0. The van der Waals surface area contributed by atoms with Gasteiger partial charge in [-0.1, -0.05) is 18.2 Å². The monoisotopic (exact) mass is 283 g/mol. The number of aryl methyl sites for hydroxylation is 1. The molecule has 0 saturated carbocycles. The van der Waals surface area contributed by atoms with Crippen molar-refractivity contribution in [2.75, 3.05) is 0 Å². The normalized spacial score (nSPS) is 23.0. The number of ether oxygens (including phenoxy) is 1. The van der Waals surface area contributed by atoms with Gasteiger partial charge < -0.3 is 14.5 Å². The van der Waals surface area contributed by atoms with E-state index in [1.165, 1.54) is 0 Å². The molecule has 2 aliphatic rings. The number of benzene rings is 1. The molecule has 0 bridgehead atoms. The van der Waals surface area contributed by atoms with Crippen molar-refractivity contribution in [2.45, 2.75) is 37.8 Å². The van der Waals surface area contributed by atoms with Gasteiger partial charge in [-0.25, -0.2) is 0 Å². The van der Waals surface area contributed by atoms with Crippen molar-refractivity contribution in [2.24, 2.45) is 0 Å². The first-order valence-corrected chi connectivity index (χ1v) is 7.42. The van der Waals surface area contributed by atoms with Crippen LogP contribution in [0, 0.1) is 0 Å². The largest absolute Gasteiger partial charge is 0.480 e. The van der Waals surface area contributed by atoms with Crippen LogP contribution in [0.4, 0.5) is 0 Å². The molecule has 1 aliphatic heterocycles. The second kappa shape index (κ2) is 4.95. The van der Waals surface area contributed by atoms with E-state index in [4.69, 9.17) is 9.15 Å². The Morgan fingerprint density at radius 3 is 3.05 bits per heavy atom. The van der Waals surface area contributed by atoms with Crippen LogP contribution in [0.15, 0.2) is 41.0 Å². The van der Waals surface area contributed by atoms with Gasteiger partial charge in [0.05, 0.1) is 12.3 Å². The van der Waals surface area contributed by atoms with Gasteiger partial charge in [-0.15, -0.1) is 0 Å². The second-order valence-corrected chi connectivity index (χ2v) is 5.67. The molecule has 21 heavy (non-hydrogen) atoms. The molecule has 2 aromatic rings. The lowest BCUT2D eigenvalue weighted by atomic mass is 9.93. The maximum Gasteiger partial charge on any atom is 0.261 e. The predicted octanol–water partition coefficient (Wildman–Crippen LogP) is 2.78. The number of rotatable bonds is 2. The van der Waals surface area contributed by atoms with Crippen LogP contribution in [-0.2, 0) is 17.6 Å². The molecule has 1 amide bonds. The number of carbonyl (C=O) groups is 1. The molecular formula is C17H17NO3. The van der Waals surface area contributed by atoms with E-state index in [-0.39, 0.29) is 11.9 Å². The highest BCUT2D eigenvalue weighted by molar-refractivity contribution is 5.83. The van der Waals surface area contributed by atoms with Crippen molar-refractivity contribution in [1.29, 1.82) is 0 Å². The van der Waals surface area contributed by atoms with Gasteiger partial charge in [-0.3, -0.25) is 4.79 Å². The maximum absolute atomic E-state index is 12.4. The summed E-state index contributed by atoms with van der Waals surface area (Å²) in [5.74, 6) is 1.79. The van der Waals surface area contributed by atoms with Crippen LogP contribution in [0.5, 0.6) is 5.75 Å². The third-order valence-corrected chi connectivity index (χ3v) is 4.31. The number of para-hydroxylation sites is 1. The summed E-state index contributed by atoms with van der Waals surface area (Å²) in [5.41, 5.74) is 2.22. The van der Waals surface area contributed by atoms with Crippen molar-refractivity contribution in [3.63, 3.8) is 0 Å². The first kappa shape index (κ1) is 12.5. The van der Waals surface area contributed by atoms with Crippen LogP contribution in [0.2, 0.25) is 0 Å². The van der Waals surface area contributed by atoms with Crippen molar-refractivity contribution in [3.8, 4) is 5.75 Å². The molecule has 2 atom stereocenters. The predicted molar refractivity (Wildman–Crippen MR) is 77.1 cm³/mol. The van der Waals surface area contributed by atoms with Crippen molar-refractivity contribution < 1.29 is 13.9 Å². The number of nitrogens with one attached hydrogen (secondary N) is 1. The molecule has 4 rings (SSSR count). The summed E-state index contributed by atoms with van der Waals surface area (Å²) in [4.78, 5) is 12.4. The Morgan fingerprint density at radius 2 is 2.14 bits per heavy atom. The fourth-order valence-corrected chi connectivity index (χ4v) is 3.23. The van der Waals surface area contributed by atoms with Crippen LogP contribution in [-0.4, -0.2) is 12.0 Å². The quantitative estimate of drug-likeness (QED) is 0.922. The highest BCUT2D eigenvalue weighted by Crippen LogP contribution is 2.32. The average Bonchev–Trinajstić information content (AvgIpc) is 3.14. The van der Waals surface area contributed by atoms with E-state index in [0.29, 0.717) is 6.42 Å². The average molecular weight is 283 g/mol. The number of furan rings is 1. The fraction of sp³-hybridized carbons (Fsp3) is 0.353. The van der Waals surface area contributed by atoms with Crippen LogP contribution in [0.1, 0.15) is 35.8 Å². The fourth-order valence-electron chi connectivity index (χ4n) is 3.23. The summed E-state index contributed by atoms with van der Waals surface area (Å²) in [6.45, 7) is 0. The molecule has 2 heterocycles. The van der Waals surface area contributed by atoms with Crippen LogP contribution in [0.3, 0.4) is 0 Å². The smallest absolute Gasteiger partial charge is 0.261 e. The van der Waals surface area contributed by atoms with Crippen LogP contribution >= 0.6 is 0 Å². The first-order chi connectivity index (χ1) is 10.3. The molecule has 108 valence electrons. The van der Waals surface area contributed by atoms with Gasteiger partial charge in [-0.2, -0.15) is 0 Å². The van der Waals surface area contributed by atoms with Crippen molar-refractivity contribution >= 4 is 5.91 Å². The summed E-state index contributed by atoms with van der Waals surface area (Å²) >= 11 is 0. The molecule has 0 unspecified atom stereocenters. The lowest BCUT2D eigenvalue weighted by Crippen LogP contribution is -2.40. The highest BCUT2D eigenvalue weighted by atomic mass is 16.5. The Bertz CT molecular complexity index is 651. The molecule has 0 spiro atoms. The second-order valence-electron chi connectivity index (χ2n) is 5.67. The minimum Gasteiger partial charge on any atom is -0.480 e. The van der Waals surface area contributed by atoms with Crippen LogP contribution < -0.4 is 10.1 Å². The molecule has 1 N–H and O–H groups in total. The van der Waals surface area contributed by atoms with Gasteiger partial charge in [0.15, 0.2) is 6.10 Å². The zero-order chi connectivity index (χ0) is 14.2. The zero-order valence-electron chi connectivity index (χ0n) is 11.7. The van der Waals surface area contributed by atoms with E-state index in [1.807, 2.05) is 30.3 Å². The van der Waals surface area contributed by atoms with E-state index < -0.39 is 6.10 Å². The minimum absolute atomic E-state index is 0.0368. The third-order valence-electron chi connectivity index (χ3n) is 4.31. The van der Waals surface area contributed by atoms with Gasteiger partial charge in [0.1, 0.15) is 11.5 Å². The number of hydrogen-bond donors (Lipinski definition) is 1. The SMILES string of the molecule is O=C(N[C@H]1CCCc2occc21)[C@H]1Cc2ccccc2O1. The van der Waals surface area contributed by atoms with E-state index in [2.05, 4.69) is 5.32 Å². The molecule has 0 radical (unpaired) electrons. The third kappa shape index (κ3) is 2.20. The first-order valence-electron chi connectivity index (χ1n) is 7.42. The van der Waals surface area contributed by atoms with Gasteiger partial charge in [0.25, 0.3) is 5.91 Å². The number of carbonyl (C=O) groups excluding carboxylic acids is 1. The van der Waals surface area contributed by atoms with Gasteiger partial charge in [0, 0.05) is 18.4 Å². The van der Waals surface area contributed by atoms with E-state index in [0.717, 1.165) is 41.9 Å². The molecule has 0 fully saturated rings. The molecule has 4 heteroatoms. The standard InChI is InChI=1S/C17H17NO3/c19-17(16-10-11-4-1-2-6-14(11)21-16)18-13-5-3-7-15-12(13)8-9-20-15/h1-2,4,6,8-9,13,16H,3,5,7,10H2,(H,18,19)/t13-,16+/m0/s1. The Hall–Kier alpha value is -2.23. The van der Waals surface area contributed by atoms with Gasteiger partial charge in [-0.05, 0) is 30.5 Å². The Kier molecular flexibility index (Phi) is 2.95. The lowest BCUT2D eigenvalue weighted by Gasteiger charge is -2.24. The Morgan fingerprint density at radius 1 is 1.24 bits per heavy atom. The topological polar surface area (TPSA) is 51.5 Å². The molecule has 4 nitrogen and oxygen atoms in total. The number of amides is 1. The minimum atomic E-state index is -0.417. The molecule has 1 aliphatic carbocycles. The highest BCUT2D eigenvalue weighted by Gasteiger charge is 2.32. The molecule has 0 saturated heterocycles. The maximum atomic E-state index is 12.4. The summed E-state index contributed by atoms with van der Waals surface area (Å²) < 4.78 is 11.2. The molecule has 1 aromatic heterocycles. The van der Waals surface area contributed by atoms with E-state index >= 15 is 0 Å². The van der Waals surface area contributed by atoms with Gasteiger partial charge >= 0.3 is 0 Å². The van der Waals surface area contributed by atoms with Gasteiger partial charge in [0.2, 0.25) is 0 Å². The lowest BCUT2D eigenvalue weighted by molar-refractivity contribution is -0.128. The molecular weight excluding hydrogens is 266 g/mol. The Labute approximate surface area is 123 Å². The molecule has 1 aromatic carbocycles. The van der Waals surface area contributed by atoms with E-state index in [9.17, 15) is 4.79 Å². The Balaban J connectivity index is 1.47. The number of hydrogen-bond acceptors (Lipinski definition) is 3. The summed E-state index contributed by atoms with van der Waals surface area (Å²) in [6, 6.07) is 9.84. The summed E-state index contributed by atoms with van der Waals surface area (Å²) in [6.07, 6.45) is 4.89. The van der Waals surface area contributed by atoms with E-state index in [1.54, 1.807) is 6.26 Å². The van der Waals surface area contributed by atoms with Crippen molar-refractivity contribution in [3.05, 3.63) is 53.5 Å². The summed E-state index contributed by atoms with van der Waals surface area (Å²) in [5, 5.41) is 3.11. The van der Waals surface area contributed by atoms with Crippen molar-refractivity contribution in [1.82, 2.24) is 5.32 Å². The zero-order valence-corrected chi connectivity index (χ0v) is 11.7. The van der Waals surface area contributed by atoms with Crippen LogP contribution in [0.25, 0.3) is 0 Å². The number of fused-ring (bicyclic) bond motifs is 2.